The molecule has 0 fully saturated rings. The van der Waals surface area contributed by atoms with E-state index >= 15 is 0 Å². The SMILES string of the molecule is CCc1ccc(C2(c3ccc(CC)cc3)S[C@@]3(SC(C(=O)c4ccccc4)=NN3c3ccc([N+](=O)[O-])cc3)c3ccccc32)cc1. The second-order valence-corrected chi connectivity index (χ2v) is 14.1. The molecule has 46 heavy (non-hydrogen) atoms. The Morgan fingerprint density at radius 2 is 1.28 bits per heavy atom. The van der Waals surface area contributed by atoms with Gasteiger partial charge in [0.2, 0.25) is 5.78 Å². The Labute approximate surface area is 276 Å². The van der Waals surface area contributed by atoms with Crippen LogP contribution in [-0.4, -0.2) is 15.8 Å². The van der Waals surface area contributed by atoms with Crippen molar-refractivity contribution in [1.29, 1.82) is 0 Å². The smallest absolute Gasteiger partial charge is 0.269 e. The number of hydrazone groups is 1. The number of rotatable bonds is 8. The van der Waals surface area contributed by atoms with Gasteiger partial charge >= 0.3 is 0 Å². The monoisotopic (exact) mass is 641 g/mol. The van der Waals surface area contributed by atoms with Gasteiger partial charge in [-0.2, -0.15) is 5.10 Å². The number of carbonyl (C=O) groups is 1. The van der Waals surface area contributed by atoms with Crippen LogP contribution < -0.4 is 5.01 Å². The minimum atomic E-state index is -0.890. The van der Waals surface area contributed by atoms with Gasteiger partial charge in [-0.25, -0.2) is 5.01 Å². The molecular weight excluding hydrogens is 611 g/mol. The number of anilines is 1. The maximum Gasteiger partial charge on any atom is 0.269 e. The summed E-state index contributed by atoms with van der Waals surface area (Å²) in [6.07, 6.45) is 1.88. The summed E-state index contributed by atoms with van der Waals surface area (Å²) in [6.45, 7) is 4.31. The third-order valence-corrected chi connectivity index (χ3v) is 12.0. The van der Waals surface area contributed by atoms with Crippen molar-refractivity contribution in [3.8, 4) is 0 Å². The topological polar surface area (TPSA) is 75.8 Å². The summed E-state index contributed by atoms with van der Waals surface area (Å²) >= 11 is 3.19. The molecule has 2 aliphatic rings. The summed E-state index contributed by atoms with van der Waals surface area (Å²) in [5, 5.41) is 18.8. The number of fused-ring (bicyclic) bond motifs is 2. The lowest BCUT2D eigenvalue weighted by Crippen LogP contribution is -2.34. The quantitative estimate of drug-likeness (QED) is 0.0955. The first-order chi connectivity index (χ1) is 22.4. The van der Waals surface area contributed by atoms with Gasteiger partial charge in [0.05, 0.1) is 15.4 Å². The molecule has 0 bridgehead atoms. The first-order valence-electron chi connectivity index (χ1n) is 15.3. The lowest BCUT2D eigenvalue weighted by atomic mass is 9.81. The van der Waals surface area contributed by atoms with E-state index in [1.807, 2.05) is 29.3 Å². The second-order valence-electron chi connectivity index (χ2n) is 11.3. The number of nitrogens with zero attached hydrogens (tertiary/aromatic N) is 3. The van der Waals surface area contributed by atoms with Gasteiger partial charge in [0.1, 0.15) is 0 Å². The Morgan fingerprint density at radius 3 is 1.83 bits per heavy atom. The van der Waals surface area contributed by atoms with Crippen LogP contribution >= 0.6 is 23.5 Å². The van der Waals surface area contributed by atoms with E-state index in [0.717, 1.165) is 35.1 Å². The van der Waals surface area contributed by atoms with E-state index in [2.05, 4.69) is 80.6 Å². The molecule has 7 rings (SSSR count). The van der Waals surface area contributed by atoms with Crippen LogP contribution in [0.2, 0.25) is 0 Å². The molecule has 0 unspecified atom stereocenters. The molecule has 0 aromatic heterocycles. The largest absolute Gasteiger partial charge is 0.286 e. The summed E-state index contributed by atoms with van der Waals surface area (Å²) in [6, 6.07) is 41.7. The third kappa shape index (κ3) is 4.84. The van der Waals surface area contributed by atoms with Crippen LogP contribution in [0, 0.1) is 10.1 Å². The average Bonchev–Trinajstić information content (AvgIpc) is 3.65. The van der Waals surface area contributed by atoms with Gasteiger partial charge < -0.3 is 0 Å². The van der Waals surface area contributed by atoms with Gasteiger partial charge in [0.25, 0.3) is 5.69 Å². The Kier molecular flexibility index (Phi) is 7.79. The highest BCUT2D eigenvalue weighted by molar-refractivity contribution is 8.27. The Hall–Kier alpha value is -4.66. The standard InChI is InChI=1S/C38H31N3O3S2/c1-3-26-14-18-29(19-15-26)37(30-20-16-27(4-2)17-21-30)33-12-8-9-13-34(33)38(46-37)40(31-22-24-32(25-23-31)41(43)44)39-36(45-38)35(42)28-10-6-5-7-11-28/h5-25H,3-4H2,1-2H3/t38-/m0/s1. The number of carbonyl (C=O) groups excluding carboxylic acids is 1. The van der Waals surface area contributed by atoms with Gasteiger partial charge in [-0.3, -0.25) is 14.9 Å². The highest BCUT2D eigenvalue weighted by atomic mass is 32.2. The van der Waals surface area contributed by atoms with E-state index in [1.165, 1.54) is 35.0 Å². The minimum Gasteiger partial charge on any atom is -0.286 e. The van der Waals surface area contributed by atoms with Gasteiger partial charge in [0.15, 0.2) is 9.25 Å². The Bertz CT molecular complexity index is 1910. The highest BCUT2D eigenvalue weighted by Gasteiger charge is 2.61. The molecule has 0 amide bonds. The van der Waals surface area contributed by atoms with Crippen molar-refractivity contribution in [3.05, 3.63) is 176 Å². The molecule has 0 radical (unpaired) electrons. The van der Waals surface area contributed by atoms with Crippen LogP contribution in [0.5, 0.6) is 0 Å². The molecule has 5 aromatic carbocycles. The van der Waals surface area contributed by atoms with Crippen LogP contribution in [0.3, 0.4) is 0 Å². The highest BCUT2D eigenvalue weighted by Crippen LogP contribution is 2.71. The predicted molar refractivity (Wildman–Crippen MR) is 189 cm³/mol. The number of Topliss-reactive ketones (excluding diaryl/α,β-unsaturated/α-hetero) is 1. The average molecular weight is 642 g/mol. The first kappa shape index (κ1) is 30.0. The number of hydrogen-bond acceptors (Lipinski definition) is 7. The number of aryl methyl sites for hydroxylation is 2. The van der Waals surface area contributed by atoms with Crippen LogP contribution in [0.4, 0.5) is 11.4 Å². The van der Waals surface area contributed by atoms with E-state index in [1.54, 1.807) is 36.0 Å². The summed E-state index contributed by atoms with van der Waals surface area (Å²) in [4.78, 5) is 25.1. The summed E-state index contributed by atoms with van der Waals surface area (Å²) < 4.78 is -1.53. The molecule has 1 spiro atoms. The third-order valence-electron chi connectivity index (χ3n) is 8.72. The minimum absolute atomic E-state index is 0.00457. The molecule has 0 saturated heterocycles. The molecular formula is C38H31N3O3S2. The number of ketones is 1. The van der Waals surface area contributed by atoms with E-state index in [4.69, 9.17) is 5.10 Å². The van der Waals surface area contributed by atoms with E-state index in [9.17, 15) is 14.9 Å². The summed E-state index contributed by atoms with van der Waals surface area (Å²) in [5.41, 5.74) is 8.15. The van der Waals surface area contributed by atoms with Crippen molar-refractivity contribution in [2.24, 2.45) is 5.10 Å². The Balaban J connectivity index is 1.46. The Morgan fingerprint density at radius 1 is 0.739 bits per heavy atom. The predicted octanol–water partition coefficient (Wildman–Crippen LogP) is 9.32. The lowest BCUT2D eigenvalue weighted by Gasteiger charge is -2.37. The normalized spacial score (nSPS) is 18.0. The number of hydrogen-bond donors (Lipinski definition) is 0. The maximum absolute atomic E-state index is 14.0. The van der Waals surface area contributed by atoms with Crippen molar-refractivity contribution in [2.45, 2.75) is 35.6 Å². The fourth-order valence-corrected chi connectivity index (χ4v) is 9.89. The number of nitro benzene ring substituents is 1. The van der Waals surface area contributed by atoms with Crippen LogP contribution in [0.25, 0.3) is 0 Å². The molecule has 6 nitrogen and oxygen atoms in total. The van der Waals surface area contributed by atoms with Crippen molar-refractivity contribution in [2.75, 3.05) is 5.01 Å². The molecule has 0 aliphatic carbocycles. The second kappa shape index (κ2) is 11.9. The van der Waals surface area contributed by atoms with Gasteiger partial charge in [0, 0.05) is 23.3 Å². The zero-order valence-corrected chi connectivity index (χ0v) is 27.1. The van der Waals surface area contributed by atoms with Crippen LogP contribution in [0.15, 0.2) is 132 Å². The number of benzene rings is 5. The number of thioether (sulfide) groups is 2. The molecule has 2 heterocycles. The fourth-order valence-electron chi connectivity index (χ4n) is 6.26. The lowest BCUT2D eigenvalue weighted by molar-refractivity contribution is -0.384. The zero-order chi connectivity index (χ0) is 31.9. The maximum atomic E-state index is 14.0. The van der Waals surface area contributed by atoms with E-state index < -0.39 is 13.9 Å². The fraction of sp³-hybridized carbons (Fsp3) is 0.158. The summed E-state index contributed by atoms with van der Waals surface area (Å²) in [5.74, 6) is -0.162. The van der Waals surface area contributed by atoms with E-state index in [-0.39, 0.29) is 11.5 Å². The van der Waals surface area contributed by atoms with Crippen molar-refractivity contribution in [1.82, 2.24) is 0 Å². The van der Waals surface area contributed by atoms with E-state index in [0.29, 0.717) is 16.3 Å². The molecule has 228 valence electrons. The molecule has 8 heteroatoms. The number of nitro groups is 1. The molecule has 2 aliphatic heterocycles. The van der Waals surface area contributed by atoms with Crippen LogP contribution in [0.1, 0.15) is 57.6 Å². The van der Waals surface area contributed by atoms with Gasteiger partial charge in [-0.15, -0.1) is 0 Å². The van der Waals surface area contributed by atoms with Gasteiger partial charge in [-0.1, -0.05) is 140 Å². The van der Waals surface area contributed by atoms with Crippen molar-refractivity contribution < 1.29 is 9.72 Å². The van der Waals surface area contributed by atoms with Crippen molar-refractivity contribution in [3.63, 3.8) is 0 Å². The summed E-state index contributed by atoms with van der Waals surface area (Å²) in [7, 11) is 0. The van der Waals surface area contributed by atoms with Crippen LogP contribution in [-0.2, 0) is 21.8 Å². The van der Waals surface area contributed by atoms with Gasteiger partial charge in [-0.05, 0) is 52.8 Å². The molecule has 0 N–H and O–H groups in total. The molecule has 1 atom stereocenters. The van der Waals surface area contributed by atoms with Crippen molar-refractivity contribution >= 4 is 45.7 Å². The zero-order valence-electron chi connectivity index (χ0n) is 25.4. The molecule has 0 saturated carbocycles. The molecule has 5 aromatic rings. The first-order valence-corrected chi connectivity index (χ1v) is 16.9. The number of non-ortho nitro benzene ring substituents is 1.